The fraction of sp³-hybridized carbons (Fsp3) is 0.0625. The fourth-order valence-corrected chi connectivity index (χ4v) is 2.76. The lowest BCUT2D eigenvalue weighted by molar-refractivity contribution is 0.102. The molecule has 2 N–H and O–H groups in total. The summed E-state index contributed by atoms with van der Waals surface area (Å²) < 4.78 is 16.0. The molecule has 0 aliphatic rings. The molecule has 24 heavy (non-hydrogen) atoms. The Morgan fingerprint density at radius 2 is 2.04 bits per heavy atom. The van der Waals surface area contributed by atoms with Crippen molar-refractivity contribution in [3.63, 3.8) is 0 Å². The van der Waals surface area contributed by atoms with E-state index in [2.05, 4.69) is 26.2 Å². The molecule has 122 valence electrons. The van der Waals surface area contributed by atoms with E-state index >= 15 is 0 Å². The molecule has 0 saturated heterocycles. The van der Waals surface area contributed by atoms with Crippen LogP contribution in [0.15, 0.2) is 45.7 Å². The molecule has 0 aliphatic carbocycles. The molecule has 0 spiro atoms. The Hall–Kier alpha value is -2.32. The Labute approximate surface area is 149 Å². The first-order valence-electron chi connectivity index (χ1n) is 6.86. The predicted molar refractivity (Wildman–Crippen MR) is 96.4 cm³/mol. The highest BCUT2D eigenvalue weighted by Gasteiger charge is 2.12. The van der Waals surface area contributed by atoms with Gasteiger partial charge in [-0.15, -0.1) is 0 Å². The van der Waals surface area contributed by atoms with Gasteiger partial charge in [0.1, 0.15) is 5.82 Å². The number of rotatable bonds is 2. The molecule has 1 heterocycles. The van der Waals surface area contributed by atoms with Crippen LogP contribution in [-0.4, -0.2) is 15.5 Å². The summed E-state index contributed by atoms with van der Waals surface area (Å²) in [5.74, 6) is -1.04. The maximum atomic E-state index is 13.8. The topological polar surface area (TPSA) is 66.9 Å². The Bertz CT molecular complexity index is 1090. The van der Waals surface area contributed by atoms with Gasteiger partial charge in [0.15, 0.2) is 4.77 Å². The van der Waals surface area contributed by atoms with E-state index in [0.29, 0.717) is 15.4 Å². The van der Waals surface area contributed by atoms with Crippen LogP contribution in [0, 0.1) is 10.6 Å². The molecule has 0 saturated carbocycles. The average molecular weight is 408 g/mol. The van der Waals surface area contributed by atoms with Crippen molar-refractivity contribution in [1.29, 1.82) is 0 Å². The van der Waals surface area contributed by atoms with Gasteiger partial charge in [-0.3, -0.25) is 14.2 Å². The fourth-order valence-electron chi connectivity index (χ4n) is 2.23. The van der Waals surface area contributed by atoms with Crippen molar-refractivity contribution in [2.24, 2.45) is 7.05 Å². The lowest BCUT2D eigenvalue weighted by atomic mass is 10.1. The summed E-state index contributed by atoms with van der Waals surface area (Å²) in [7, 11) is 1.57. The first-order valence-corrected chi connectivity index (χ1v) is 8.06. The normalized spacial score (nSPS) is 10.8. The summed E-state index contributed by atoms with van der Waals surface area (Å²) in [5, 5.41) is 2.92. The van der Waals surface area contributed by atoms with E-state index in [1.54, 1.807) is 13.1 Å². The number of aromatic nitrogens is 2. The molecule has 0 radical (unpaired) electrons. The van der Waals surface area contributed by atoms with Crippen LogP contribution in [0.3, 0.4) is 0 Å². The number of nitrogens with zero attached hydrogens (tertiary/aromatic N) is 1. The summed E-state index contributed by atoms with van der Waals surface area (Å²) in [6, 6.07) is 8.90. The largest absolute Gasteiger partial charge is 0.332 e. The number of halogens is 2. The Morgan fingerprint density at radius 1 is 1.29 bits per heavy atom. The van der Waals surface area contributed by atoms with Gasteiger partial charge in [0.05, 0.1) is 16.6 Å². The molecule has 8 heteroatoms. The number of aromatic amines is 1. The van der Waals surface area contributed by atoms with Crippen LogP contribution in [0.4, 0.5) is 10.1 Å². The number of hydrogen-bond acceptors (Lipinski definition) is 3. The first kappa shape index (κ1) is 16.5. The highest BCUT2D eigenvalue weighted by molar-refractivity contribution is 9.10. The summed E-state index contributed by atoms with van der Waals surface area (Å²) in [4.78, 5) is 27.3. The van der Waals surface area contributed by atoms with Gasteiger partial charge in [0.2, 0.25) is 0 Å². The minimum Gasteiger partial charge on any atom is -0.332 e. The Kier molecular flexibility index (Phi) is 4.33. The van der Waals surface area contributed by atoms with E-state index in [9.17, 15) is 14.0 Å². The van der Waals surface area contributed by atoms with Crippen molar-refractivity contribution in [2.45, 2.75) is 0 Å². The summed E-state index contributed by atoms with van der Waals surface area (Å²) in [6.45, 7) is 0. The molecule has 0 unspecified atom stereocenters. The van der Waals surface area contributed by atoms with Gasteiger partial charge in [-0.2, -0.15) is 0 Å². The molecule has 3 aromatic rings. The monoisotopic (exact) mass is 407 g/mol. The zero-order chi connectivity index (χ0) is 17.4. The van der Waals surface area contributed by atoms with Crippen molar-refractivity contribution < 1.29 is 9.18 Å². The second kappa shape index (κ2) is 6.29. The minimum absolute atomic E-state index is 0.0696. The number of benzene rings is 2. The molecular weight excluding hydrogens is 397 g/mol. The predicted octanol–water partition coefficient (Wildman–Crippen LogP) is 3.75. The van der Waals surface area contributed by atoms with E-state index < -0.39 is 11.7 Å². The van der Waals surface area contributed by atoms with Gasteiger partial charge in [-0.05, 0) is 48.6 Å². The second-order valence-electron chi connectivity index (χ2n) is 5.13. The van der Waals surface area contributed by atoms with Gasteiger partial charge < -0.3 is 10.3 Å². The van der Waals surface area contributed by atoms with Crippen molar-refractivity contribution >= 4 is 50.6 Å². The standard InChI is InChI=1S/C16H11BrFN3O2S/c1-21-15(23)10-4-2-8(6-13(10)20-16(21)24)14(22)19-12-5-3-9(17)7-11(12)18/h2-7H,1H3,(H,19,22)(H,20,24). The van der Waals surface area contributed by atoms with Crippen LogP contribution in [0.25, 0.3) is 10.9 Å². The summed E-state index contributed by atoms with van der Waals surface area (Å²) >= 11 is 8.22. The summed E-state index contributed by atoms with van der Waals surface area (Å²) in [6.07, 6.45) is 0. The molecular formula is C16H11BrFN3O2S. The number of anilines is 1. The van der Waals surface area contributed by atoms with E-state index in [1.807, 2.05) is 0 Å². The number of carbonyl (C=O) groups excluding carboxylic acids is 1. The van der Waals surface area contributed by atoms with Crippen LogP contribution in [-0.2, 0) is 7.05 Å². The van der Waals surface area contributed by atoms with E-state index in [1.165, 1.54) is 34.9 Å². The quantitative estimate of drug-likeness (QED) is 0.635. The second-order valence-corrected chi connectivity index (χ2v) is 6.44. The van der Waals surface area contributed by atoms with Crippen molar-refractivity contribution in [2.75, 3.05) is 5.32 Å². The lowest BCUT2D eigenvalue weighted by Gasteiger charge is -2.08. The third kappa shape index (κ3) is 3.02. The van der Waals surface area contributed by atoms with E-state index in [4.69, 9.17) is 12.2 Å². The van der Waals surface area contributed by atoms with E-state index in [-0.39, 0.29) is 21.6 Å². The zero-order valence-corrected chi connectivity index (χ0v) is 14.8. The number of amides is 1. The van der Waals surface area contributed by atoms with Gasteiger partial charge in [-0.1, -0.05) is 15.9 Å². The van der Waals surface area contributed by atoms with Gasteiger partial charge in [-0.25, -0.2) is 4.39 Å². The van der Waals surface area contributed by atoms with Crippen molar-refractivity contribution in [3.05, 3.63) is 67.4 Å². The Morgan fingerprint density at radius 3 is 2.75 bits per heavy atom. The van der Waals surface area contributed by atoms with Crippen molar-refractivity contribution in [3.8, 4) is 0 Å². The van der Waals surface area contributed by atoms with Gasteiger partial charge in [0, 0.05) is 17.1 Å². The highest BCUT2D eigenvalue weighted by atomic mass is 79.9. The molecule has 0 aliphatic heterocycles. The molecule has 2 aromatic carbocycles. The van der Waals surface area contributed by atoms with Gasteiger partial charge in [0.25, 0.3) is 11.5 Å². The van der Waals surface area contributed by atoms with E-state index in [0.717, 1.165) is 0 Å². The minimum atomic E-state index is -0.549. The molecule has 5 nitrogen and oxygen atoms in total. The highest BCUT2D eigenvalue weighted by Crippen LogP contribution is 2.20. The summed E-state index contributed by atoms with van der Waals surface area (Å²) in [5.41, 5.74) is 0.552. The molecule has 0 atom stereocenters. The van der Waals surface area contributed by atoms with Crippen molar-refractivity contribution in [1.82, 2.24) is 9.55 Å². The molecule has 1 amide bonds. The average Bonchev–Trinajstić information content (AvgIpc) is 2.54. The maximum Gasteiger partial charge on any atom is 0.261 e. The molecule has 0 fully saturated rings. The van der Waals surface area contributed by atoms with Gasteiger partial charge >= 0.3 is 0 Å². The van der Waals surface area contributed by atoms with Crippen LogP contribution >= 0.6 is 28.1 Å². The maximum absolute atomic E-state index is 13.8. The lowest BCUT2D eigenvalue weighted by Crippen LogP contribution is -2.19. The number of hydrogen-bond donors (Lipinski definition) is 2. The zero-order valence-electron chi connectivity index (χ0n) is 12.4. The molecule has 0 bridgehead atoms. The third-order valence-electron chi connectivity index (χ3n) is 3.54. The van der Waals surface area contributed by atoms with Crippen LogP contribution in [0.2, 0.25) is 0 Å². The number of fused-ring (bicyclic) bond motifs is 1. The Balaban J connectivity index is 2.00. The molecule has 1 aromatic heterocycles. The third-order valence-corrected chi connectivity index (χ3v) is 4.41. The van der Waals surface area contributed by atoms with Crippen LogP contribution in [0.5, 0.6) is 0 Å². The molecule has 3 rings (SSSR count). The smallest absolute Gasteiger partial charge is 0.261 e. The van der Waals surface area contributed by atoms with Crippen LogP contribution in [0.1, 0.15) is 10.4 Å². The SMILES string of the molecule is Cn1c(=S)[nH]c2cc(C(=O)Nc3ccc(Br)cc3F)ccc2c1=O. The van der Waals surface area contributed by atoms with Crippen LogP contribution < -0.4 is 10.9 Å². The number of nitrogens with one attached hydrogen (secondary N) is 2. The number of carbonyl (C=O) groups is 1. The first-order chi connectivity index (χ1) is 11.4. The number of H-pyrrole nitrogens is 1.